The standard InChI is InChI=1S/C22H30N2O5S/c1-6-7-17(3)23-22(25)15-24(20-13-10-18(28-4)14-21(20)29-5)30(26,27)19-11-8-16(2)9-12-19/h8-14,17H,6-7,15H2,1-5H3,(H,23,25)/t17-/m0/s1. The molecule has 0 aliphatic rings. The molecule has 0 saturated carbocycles. The Balaban J connectivity index is 2.50. The predicted molar refractivity (Wildman–Crippen MR) is 118 cm³/mol. The van der Waals surface area contributed by atoms with Crippen LogP contribution in [0.25, 0.3) is 0 Å². The summed E-state index contributed by atoms with van der Waals surface area (Å²) in [6.45, 7) is 5.43. The maximum Gasteiger partial charge on any atom is 0.264 e. The van der Waals surface area contributed by atoms with Crippen LogP contribution in [-0.2, 0) is 14.8 Å². The van der Waals surface area contributed by atoms with Crippen molar-refractivity contribution in [2.45, 2.75) is 44.6 Å². The topological polar surface area (TPSA) is 84.9 Å². The van der Waals surface area contributed by atoms with Crippen molar-refractivity contribution in [3.8, 4) is 11.5 Å². The van der Waals surface area contributed by atoms with Crippen molar-refractivity contribution in [3.63, 3.8) is 0 Å². The fourth-order valence-electron chi connectivity index (χ4n) is 3.08. The van der Waals surface area contributed by atoms with Crippen LogP contribution in [0.5, 0.6) is 11.5 Å². The van der Waals surface area contributed by atoms with Gasteiger partial charge in [0.25, 0.3) is 10.0 Å². The Morgan fingerprint density at radius 3 is 2.33 bits per heavy atom. The van der Waals surface area contributed by atoms with Crippen molar-refractivity contribution in [2.75, 3.05) is 25.1 Å². The van der Waals surface area contributed by atoms with E-state index in [1.54, 1.807) is 30.3 Å². The molecule has 0 heterocycles. The summed E-state index contributed by atoms with van der Waals surface area (Å²) in [6, 6.07) is 11.3. The van der Waals surface area contributed by atoms with E-state index >= 15 is 0 Å². The second-order valence-electron chi connectivity index (χ2n) is 7.12. The fourth-order valence-corrected chi connectivity index (χ4v) is 4.52. The third-order valence-electron chi connectivity index (χ3n) is 4.68. The zero-order valence-electron chi connectivity index (χ0n) is 18.1. The van der Waals surface area contributed by atoms with Gasteiger partial charge in [-0.15, -0.1) is 0 Å². The number of aryl methyl sites for hydroxylation is 1. The number of methoxy groups -OCH3 is 2. The Morgan fingerprint density at radius 2 is 1.77 bits per heavy atom. The van der Waals surface area contributed by atoms with E-state index in [1.807, 2.05) is 20.8 Å². The molecule has 30 heavy (non-hydrogen) atoms. The SMILES string of the molecule is CCC[C@H](C)NC(=O)CN(c1ccc(OC)cc1OC)S(=O)(=O)c1ccc(C)cc1. The Labute approximate surface area is 179 Å². The molecule has 164 valence electrons. The molecule has 0 saturated heterocycles. The van der Waals surface area contributed by atoms with Gasteiger partial charge in [-0.2, -0.15) is 0 Å². The van der Waals surface area contributed by atoms with Crippen LogP contribution in [0.2, 0.25) is 0 Å². The van der Waals surface area contributed by atoms with Crippen LogP contribution >= 0.6 is 0 Å². The van der Waals surface area contributed by atoms with E-state index in [2.05, 4.69) is 5.32 Å². The van der Waals surface area contributed by atoms with E-state index in [0.29, 0.717) is 11.5 Å². The van der Waals surface area contributed by atoms with Crippen LogP contribution in [0.15, 0.2) is 47.4 Å². The third kappa shape index (κ3) is 5.66. The second-order valence-corrected chi connectivity index (χ2v) is 8.98. The van der Waals surface area contributed by atoms with Crippen molar-refractivity contribution in [1.82, 2.24) is 5.32 Å². The van der Waals surface area contributed by atoms with E-state index in [4.69, 9.17) is 9.47 Å². The lowest BCUT2D eigenvalue weighted by molar-refractivity contribution is -0.120. The summed E-state index contributed by atoms with van der Waals surface area (Å²) in [5.74, 6) is 0.424. The molecule has 0 aliphatic heterocycles. The molecule has 0 radical (unpaired) electrons. The van der Waals surface area contributed by atoms with E-state index in [-0.39, 0.29) is 29.1 Å². The summed E-state index contributed by atoms with van der Waals surface area (Å²) in [5.41, 5.74) is 1.20. The van der Waals surface area contributed by atoms with E-state index in [0.717, 1.165) is 22.7 Å². The number of hydrogen-bond donors (Lipinski definition) is 1. The maximum absolute atomic E-state index is 13.5. The number of rotatable bonds is 10. The quantitative estimate of drug-likeness (QED) is 0.619. The summed E-state index contributed by atoms with van der Waals surface area (Å²) in [7, 11) is -1.06. The van der Waals surface area contributed by atoms with Crippen LogP contribution < -0.4 is 19.1 Å². The van der Waals surface area contributed by atoms with Gasteiger partial charge in [0.15, 0.2) is 0 Å². The number of nitrogens with one attached hydrogen (secondary N) is 1. The zero-order chi connectivity index (χ0) is 22.3. The van der Waals surface area contributed by atoms with Crippen LogP contribution in [0, 0.1) is 6.92 Å². The first-order valence-electron chi connectivity index (χ1n) is 9.83. The highest BCUT2D eigenvalue weighted by Crippen LogP contribution is 2.35. The van der Waals surface area contributed by atoms with Crippen molar-refractivity contribution in [3.05, 3.63) is 48.0 Å². The minimum Gasteiger partial charge on any atom is -0.497 e. The van der Waals surface area contributed by atoms with Gasteiger partial charge in [0.1, 0.15) is 18.0 Å². The van der Waals surface area contributed by atoms with Crippen LogP contribution in [0.1, 0.15) is 32.3 Å². The first-order chi connectivity index (χ1) is 14.2. The Kier molecular flexibility index (Phi) is 8.11. The molecule has 1 N–H and O–H groups in total. The summed E-state index contributed by atoms with van der Waals surface area (Å²) >= 11 is 0. The molecule has 0 unspecified atom stereocenters. The summed E-state index contributed by atoms with van der Waals surface area (Å²) in [4.78, 5) is 12.8. The normalized spacial score (nSPS) is 12.2. The van der Waals surface area contributed by atoms with E-state index in [9.17, 15) is 13.2 Å². The first kappa shape index (κ1) is 23.5. The van der Waals surface area contributed by atoms with Crippen LogP contribution in [0.4, 0.5) is 5.69 Å². The number of carbonyl (C=O) groups is 1. The number of anilines is 1. The van der Waals surface area contributed by atoms with Gasteiger partial charge in [-0.3, -0.25) is 9.10 Å². The van der Waals surface area contributed by atoms with Gasteiger partial charge in [-0.25, -0.2) is 8.42 Å². The number of nitrogens with zero attached hydrogens (tertiary/aromatic N) is 1. The lowest BCUT2D eigenvalue weighted by Gasteiger charge is -2.26. The zero-order valence-corrected chi connectivity index (χ0v) is 19.0. The van der Waals surface area contributed by atoms with Crippen molar-refractivity contribution >= 4 is 21.6 Å². The highest BCUT2D eigenvalue weighted by atomic mass is 32.2. The summed E-state index contributed by atoms with van der Waals surface area (Å²) in [6.07, 6.45) is 1.72. The molecule has 0 fully saturated rings. The predicted octanol–water partition coefficient (Wildman–Crippen LogP) is 3.51. The monoisotopic (exact) mass is 434 g/mol. The van der Waals surface area contributed by atoms with Gasteiger partial charge in [0.2, 0.25) is 5.91 Å². The number of ether oxygens (including phenoxy) is 2. The molecule has 2 aromatic rings. The molecule has 2 aromatic carbocycles. The maximum atomic E-state index is 13.5. The molecule has 0 aromatic heterocycles. The highest BCUT2D eigenvalue weighted by Gasteiger charge is 2.30. The molecule has 0 aliphatic carbocycles. The minimum atomic E-state index is -4.01. The van der Waals surface area contributed by atoms with Gasteiger partial charge in [-0.05, 0) is 44.5 Å². The molecular formula is C22H30N2O5S. The van der Waals surface area contributed by atoms with Gasteiger partial charge >= 0.3 is 0 Å². The highest BCUT2D eigenvalue weighted by molar-refractivity contribution is 7.92. The summed E-state index contributed by atoms with van der Waals surface area (Å²) < 4.78 is 38.6. The number of sulfonamides is 1. The lowest BCUT2D eigenvalue weighted by Crippen LogP contribution is -2.43. The Morgan fingerprint density at radius 1 is 1.10 bits per heavy atom. The molecule has 8 heteroatoms. The van der Waals surface area contributed by atoms with Crippen molar-refractivity contribution < 1.29 is 22.7 Å². The molecule has 0 bridgehead atoms. The molecule has 1 amide bonds. The van der Waals surface area contributed by atoms with Gasteiger partial charge in [0, 0.05) is 12.1 Å². The van der Waals surface area contributed by atoms with Gasteiger partial charge in [0.05, 0.1) is 24.8 Å². The third-order valence-corrected chi connectivity index (χ3v) is 6.45. The van der Waals surface area contributed by atoms with Crippen molar-refractivity contribution in [1.29, 1.82) is 0 Å². The van der Waals surface area contributed by atoms with Gasteiger partial charge in [-0.1, -0.05) is 31.0 Å². The number of carbonyl (C=O) groups excluding carboxylic acids is 1. The second kappa shape index (κ2) is 10.3. The number of benzene rings is 2. The largest absolute Gasteiger partial charge is 0.497 e. The van der Waals surface area contributed by atoms with E-state index in [1.165, 1.54) is 26.4 Å². The van der Waals surface area contributed by atoms with Gasteiger partial charge < -0.3 is 14.8 Å². The summed E-state index contributed by atoms with van der Waals surface area (Å²) in [5, 5.41) is 2.86. The number of amides is 1. The molecule has 2 rings (SSSR count). The Hall–Kier alpha value is -2.74. The fraction of sp³-hybridized carbons (Fsp3) is 0.409. The average Bonchev–Trinajstić information content (AvgIpc) is 2.72. The van der Waals surface area contributed by atoms with Crippen molar-refractivity contribution in [2.24, 2.45) is 0 Å². The minimum absolute atomic E-state index is 0.0517. The Bertz CT molecular complexity index is 958. The van der Waals surface area contributed by atoms with E-state index < -0.39 is 10.0 Å². The lowest BCUT2D eigenvalue weighted by atomic mass is 10.2. The molecule has 1 atom stereocenters. The average molecular weight is 435 g/mol. The smallest absolute Gasteiger partial charge is 0.264 e. The molecule has 7 nitrogen and oxygen atoms in total. The molecular weight excluding hydrogens is 404 g/mol. The molecule has 0 spiro atoms. The van der Waals surface area contributed by atoms with Crippen LogP contribution in [0.3, 0.4) is 0 Å². The van der Waals surface area contributed by atoms with Crippen LogP contribution in [-0.4, -0.2) is 41.1 Å². The number of hydrogen-bond acceptors (Lipinski definition) is 5. The first-order valence-corrected chi connectivity index (χ1v) is 11.3.